The second-order valence-electron chi connectivity index (χ2n) is 7.36. The molecule has 0 heterocycles. The van der Waals surface area contributed by atoms with Crippen molar-refractivity contribution in [3.8, 4) is 0 Å². The van der Waals surface area contributed by atoms with Crippen LogP contribution < -0.4 is 26.6 Å². The van der Waals surface area contributed by atoms with Gasteiger partial charge in [-0.25, -0.2) is 0 Å². The average molecular weight is 402 g/mol. The minimum absolute atomic E-state index is 0.0762. The van der Waals surface area contributed by atoms with Crippen molar-refractivity contribution in [1.29, 1.82) is 0 Å². The molecular weight excluding hydrogens is 362 g/mol. The first-order valence-corrected chi connectivity index (χ1v) is 10.1. The van der Waals surface area contributed by atoms with Gasteiger partial charge in [-0.3, -0.25) is 14.4 Å². The SMILES string of the molecule is CCCC(C)N[C@@H](CCC(=O)O)C(=O)NCCNC(=O)[C@H](CNC)NC(C)C. The van der Waals surface area contributed by atoms with Gasteiger partial charge in [0.15, 0.2) is 0 Å². The van der Waals surface area contributed by atoms with Crippen molar-refractivity contribution in [1.82, 2.24) is 26.6 Å². The number of hydrogen-bond acceptors (Lipinski definition) is 6. The number of likely N-dealkylation sites (N-methyl/N-ethyl adjacent to an activating group) is 1. The maximum atomic E-state index is 12.4. The third kappa shape index (κ3) is 12.6. The van der Waals surface area contributed by atoms with E-state index in [1.165, 1.54) is 0 Å². The van der Waals surface area contributed by atoms with Gasteiger partial charge < -0.3 is 31.7 Å². The second-order valence-corrected chi connectivity index (χ2v) is 7.36. The first kappa shape index (κ1) is 26.3. The highest BCUT2D eigenvalue weighted by atomic mass is 16.4. The van der Waals surface area contributed by atoms with Crippen molar-refractivity contribution < 1.29 is 19.5 Å². The summed E-state index contributed by atoms with van der Waals surface area (Å²) in [6, 6.07) is -0.609. The molecule has 3 atom stereocenters. The summed E-state index contributed by atoms with van der Waals surface area (Å²) in [5, 5.41) is 23.8. The molecule has 0 radical (unpaired) electrons. The molecule has 0 aliphatic carbocycles. The first-order chi connectivity index (χ1) is 13.2. The summed E-state index contributed by atoms with van der Waals surface area (Å²) in [5.41, 5.74) is 0. The van der Waals surface area contributed by atoms with Crippen molar-refractivity contribution in [3.63, 3.8) is 0 Å². The Bertz CT molecular complexity index is 473. The van der Waals surface area contributed by atoms with Crippen molar-refractivity contribution in [3.05, 3.63) is 0 Å². The zero-order valence-electron chi connectivity index (χ0n) is 17.9. The molecule has 0 fully saturated rings. The van der Waals surface area contributed by atoms with E-state index in [2.05, 4.69) is 33.5 Å². The van der Waals surface area contributed by atoms with Gasteiger partial charge in [-0.1, -0.05) is 27.2 Å². The standard InChI is InChI=1S/C19H39N5O4/c1-6-7-14(4)24-15(8-9-17(25)26)18(27)21-10-11-22-19(28)16(12-20-5)23-13(2)3/h13-16,20,23-24H,6-12H2,1-5H3,(H,21,27)(H,22,28)(H,25,26)/t14?,15-,16-/m0/s1. The Kier molecular flexibility index (Phi) is 14.3. The molecule has 164 valence electrons. The smallest absolute Gasteiger partial charge is 0.303 e. The zero-order valence-corrected chi connectivity index (χ0v) is 17.9. The maximum absolute atomic E-state index is 12.4. The van der Waals surface area contributed by atoms with Crippen LogP contribution in [0.2, 0.25) is 0 Å². The van der Waals surface area contributed by atoms with Crippen molar-refractivity contribution in [2.75, 3.05) is 26.7 Å². The lowest BCUT2D eigenvalue weighted by Gasteiger charge is -2.23. The first-order valence-electron chi connectivity index (χ1n) is 10.1. The summed E-state index contributed by atoms with van der Waals surface area (Å²) < 4.78 is 0. The molecule has 28 heavy (non-hydrogen) atoms. The molecule has 0 aromatic rings. The average Bonchev–Trinajstić information content (AvgIpc) is 2.61. The number of carbonyl (C=O) groups excluding carboxylic acids is 2. The zero-order chi connectivity index (χ0) is 21.5. The van der Waals surface area contributed by atoms with Gasteiger partial charge in [0.1, 0.15) is 0 Å². The van der Waals surface area contributed by atoms with Gasteiger partial charge in [0.2, 0.25) is 11.8 Å². The van der Waals surface area contributed by atoms with E-state index in [1.54, 1.807) is 7.05 Å². The molecule has 1 unspecified atom stereocenters. The number of rotatable bonds is 16. The lowest BCUT2D eigenvalue weighted by atomic mass is 10.1. The van der Waals surface area contributed by atoms with Crippen LogP contribution in [-0.4, -0.2) is 73.7 Å². The predicted molar refractivity (Wildman–Crippen MR) is 110 cm³/mol. The van der Waals surface area contributed by atoms with E-state index >= 15 is 0 Å². The van der Waals surface area contributed by atoms with Crippen LogP contribution in [0.3, 0.4) is 0 Å². The van der Waals surface area contributed by atoms with Gasteiger partial charge >= 0.3 is 5.97 Å². The van der Waals surface area contributed by atoms with Gasteiger partial charge in [-0.15, -0.1) is 0 Å². The van der Waals surface area contributed by atoms with Gasteiger partial charge in [0.05, 0.1) is 12.1 Å². The minimum Gasteiger partial charge on any atom is -0.481 e. The summed E-state index contributed by atoms with van der Waals surface area (Å²) in [6.07, 6.45) is 2.03. The van der Waals surface area contributed by atoms with Crippen molar-refractivity contribution in [2.24, 2.45) is 0 Å². The van der Waals surface area contributed by atoms with Gasteiger partial charge in [-0.05, 0) is 26.8 Å². The normalized spacial score (nSPS) is 14.4. The Labute approximate surface area is 168 Å². The minimum atomic E-state index is -0.928. The van der Waals surface area contributed by atoms with Crippen LogP contribution in [0.25, 0.3) is 0 Å². The monoisotopic (exact) mass is 401 g/mol. The molecule has 0 saturated heterocycles. The molecule has 6 N–H and O–H groups in total. The fraction of sp³-hybridized carbons (Fsp3) is 0.842. The van der Waals surface area contributed by atoms with E-state index in [-0.39, 0.29) is 49.3 Å². The Balaban J connectivity index is 4.46. The molecule has 0 aromatic heterocycles. The molecular formula is C19H39N5O4. The summed E-state index contributed by atoms with van der Waals surface area (Å²) in [6.45, 7) is 9.08. The number of hydrogen-bond donors (Lipinski definition) is 6. The summed E-state index contributed by atoms with van der Waals surface area (Å²) in [4.78, 5) is 35.5. The quantitative estimate of drug-likeness (QED) is 0.198. The van der Waals surface area contributed by atoms with Gasteiger partial charge in [0.25, 0.3) is 0 Å². The summed E-state index contributed by atoms with van der Waals surface area (Å²) in [7, 11) is 1.78. The van der Waals surface area contributed by atoms with Crippen LogP contribution in [0.4, 0.5) is 0 Å². The molecule has 0 spiro atoms. The van der Waals surface area contributed by atoms with Crippen molar-refractivity contribution in [2.45, 2.75) is 77.5 Å². The van der Waals surface area contributed by atoms with Crippen LogP contribution in [0.5, 0.6) is 0 Å². The molecule has 0 rings (SSSR count). The van der Waals surface area contributed by atoms with E-state index in [4.69, 9.17) is 5.11 Å². The topological polar surface area (TPSA) is 132 Å². The van der Waals surface area contributed by atoms with E-state index in [9.17, 15) is 14.4 Å². The Morgan fingerprint density at radius 3 is 1.93 bits per heavy atom. The predicted octanol–water partition coefficient (Wildman–Crippen LogP) is -0.184. The highest BCUT2D eigenvalue weighted by Gasteiger charge is 2.21. The molecule has 0 aliphatic rings. The third-order valence-corrected chi connectivity index (χ3v) is 4.15. The molecule has 9 heteroatoms. The number of nitrogens with one attached hydrogen (secondary N) is 5. The van der Waals surface area contributed by atoms with E-state index in [1.807, 2.05) is 20.8 Å². The third-order valence-electron chi connectivity index (χ3n) is 4.15. The molecule has 0 bridgehead atoms. The Morgan fingerprint density at radius 2 is 1.46 bits per heavy atom. The fourth-order valence-electron chi connectivity index (χ4n) is 2.87. The highest BCUT2D eigenvalue weighted by Crippen LogP contribution is 2.03. The number of carboxylic acids is 1. The second kappa shape index (κ2) is 15.2. The molecule has 0 aromatic carbocycles. The number of carboxylic acid groups (broad SMARTS) is 1. The fourth-order valence-corrected chi connectivity index (χ4v) is 2.87. The van der Waals surface area contributed by atoms with Gasteiger partial charge in [-0.2, -0.15) is 0 Å². The van der Waals surface area contributed by atoms with E-state index in [0.717, 1.165) is 12.8 Å². The number of amides is 2. The van der Waals surface area contributed by atoms with Crippen LogP contribution >= 0.6 is 0 Å². The lowest BCUT2D eigenvalue weighted by Crippen LogP contribution is -2.53. The van der Waals surface area contributed by atoms with Gasteiger partial charge in [0, 0.05) is 38.1 Å². The highest BCUT2D eigenvalue weighted by molar-refractivity contribution is 5.83. The summed E-state index contributed by atoms with van der Waals surface area (Å²) in [5.74, 6) is -1.30. The molecule has 0 saturated carbocycles. The lowest BCUT2D eigenvalue weighted by molar-refractivity contribution is -0.137. The molecule has 0 aliphatic heterocycles. The van der Waals surface area contributed by atoms with Crippen molar-refractivity contribution >= 4 is 17.8 Å². The number of carbonyl (C=O) groups is 3. The maximum Gasteiger partial charge on any atom is 0.303 e. The van der Waals surface area contributed by atoms with Crippen LogP contribution in [0.15, 0.2) is 0 Å². The summed E-state index contributed by atoms with van der Waals surface area (Å²) >= 11 is 0. The van der Waals surface area contributed by atoms with E-state index < -0.39 is 12.0 Å². The molecule has 2 amide bonds. The number of aliphatic carboxylic acids is 1. The van der Waals surface area contributed by atoms with Crippen LogP contribution in [0, 0.1) is 0 Å². The van der Waals surface area contributed by atoms with Crippen LogP contribution in [-0.2, 0) is 14.4 Å². The van der Waals surface area contributed by atoms with E-state index in [0.29, 0.717) is 13.1 Å². The molecule has 9 nitrogen and oxygen atoms in total. The largest absolute Gasteiger partial charge is 0.481 e. The Morgan fingerprint density at radius 1 is 0.893 bits per heavy atom. The van der Waals surface area contributed by atoms with Crippen LogP contribution in [0.1, 0.15) is 53.4 Å². The Hall–Kier alpha value is -1.71.